The molecule has 5 rings (SSSR count). The number of benzene rings is 3. The van der Waals surface area contributed by atoms with Crippen molar-refractivity contribution in [2.45, 2.75) is 38.8 Å². The number of ether oxygens (including phenoxy) is 1. The van der Waals surface area contributed by atoms with Gasteiger partial charge >= 0.3 is 6.09 Å². The quantitative estimate of drug-likeness (QED) is 0.376. The summed E-state index contributed by atoms with van der Waals surface area (Å²) in [6.07, 6.45) is 2.46. The van der Waals surface area contributed by atoms with Gasteiger partial charge in [-0.25, -0.2) is 4.79 Å². The zero-order valence-corrected chi connectivity index (χ0v) is 24.1. The number of hydrogen-bond donors (Lipinski definition) is 3. The number of rotatable bonds is 7. The summed E-state index contributed by atoms with van der Waals surface area (Å²) in [6.45, 7) is 7.35. The number of anilines is 2. The smallest absolute Gasteiger partial charge is 0.410 e. The molecule has 0 aromatic heterocycles. The number of likely N-dealkylation sites (N-methyl/N-ethyl adjacent to an activating group) is 1. The number of hydrazine groups is 2. The third-order valence-corrected chi connectivity index (χ3v) is 7.14. The highest BCUT2D eigenvalue weighted by molar-refractivity contribution is 5.92. The molecule has 0 spiro atoms. The van der Waals surface area contributed by atoms with Crippen LogP contribution in [0.1, 0.15) is 32.8 Å². The van der Waals surface area contributed by atoms with E-state index in [4.69, 9.17) is 4.74 Å². The average molecular weight is 555 g/mol. The van der Waals surface area contributed by atoms with Crippen LogP contribution in [0.2, 0.25) is 0 Å². The fraction of sp³-hybridized carbons (Fsp3) is 0.312. The van der Waals surface area contributed by atoms with Crippen LogP contribution < -0.4 is 21.2 Å². The number of carbonyl (C=O) groups excluding carboxylic acids is 2. The molecule has 2 aliphatic heterocycles. The van der Waals surface area contributed by atoms with Crippen molar-refractivity contribution >= 4 is 29.1 Å². The Balaban J connectivity index is 1.11. The van der Waals surface area contributed by atoms with Crippen molar-refractivity contribution in [2.75, 3.05) is 36.9 Å². The van der Waals surface area contributed by atoms with Gasteiger partial charge in [-0.2, -0.15) is 0 Å². The van der Waals surface area contributed by atoms with Crippen molar-refractivity contribution in [3.05, 3.63) is 90.6 Å². The molecule has 2 amide bonds. The molecule has 9 nitrogen and oxygen atoms in total. The molecule has 0 bridgehead atoms. The number of nitrogens with one attached hydrogen (secondary N) is 3. The lowest BCUT2D eigenvalue weighted by molar-refractivity contribution is -0.117. The molecule has 3 aromatic rings. The van der Waals surface area contributed by atoms with Gasteiger partial charge in [-0.3, -0.25) is 9.80 Å². The second kappa shape index (κ2) is 11.9. The van der Waals surface area contributed by atoms with E-state index in [1.807, 2.05) is 69.4 Å². The third-order valence-electron chi connectivity index (χ3n) is 7.14. The molecular weight excluding hydrogens is 516 g/mol. The van der Waals surface area contributed by atoms with E-state index in [0.717, 1.165) is 47.7 Å². The van der Waals surface area contributed by atoms with Gasteiger partial charge < -0.3 is 25.3 Å². The predicted octanol–water partition coefficient (Wildman–Crippen LogP) is 5.06. The van der Waals surface area contributed by atoms with Crippen LogP contribution in [-0.2, 0) is 9.53 Å². The van der Waals surface area contributed by atoms with Crippen LogP contribution in [0, 0.1) is 0 Å². The van der Waals surface area contributed by atoms with Gasteiger partial charge in [0.2, 0.25) is 5.91 Å². The summed E-state index contributed by atoms with van der Waals surface area (Å²) in [7, 11) is 1.80. The molecule has 214 valence electrons. The number of carbonyl (C=O) groups is 2. The lowest BCUT2D eigenvalue weighted by atomic mass is 10.0. The molecule has 0 aliphatic carbocycles. The first-order chi connectivity index (χ1) is 19.6. The van der Waals surface area contributed by atoms with E-state index in [-0.39, 0.29) is 24.6 Å². The van der Waals surface area contributed by atoms with E-state index >= 15 is 0 Å². The van der Waals surface area contributed by atoms with Gasteiger partial charge in [0, 0.05) is 43.3 Å². The highest BCUT2D eigenvalue weighted by Gasteiger charge is 2.31. The molecule has 1 saturated heterocycles. The minimum absolute atomic E-state index is 0.0885. The Labute approximate surface area is 241 Å². The van der Waals surface area contributed by atoms with E-state index in [9.17, 15) is 9.59 Å². The topological polar surface area (TPSA) is 89.2 Å². The van der Waals surface area contributed by atoms with E-state index in [1.165, 1.54) is 5.56 Å². The molecule has 3 aromatic carbocycles. The summed E-state index contributed by atoms with van der Waals surface area (Å²) in [5, 5.41) is 4.68. The lowest BCUT2D eigenvalue weighted by Crippen LogP contribution is -2.42. The van der Waals surface area contributed by atoms with Crippen molar-refractivity contribution in [1.82, 2.24) is 20.9 Å². The Hall–Kier alpha value is -4.50. The van der Waals surface area contributed by atoms with Crippen LogP contribution in [0.4, 0.5) is 16.2 Å². The first-order valence-corrected chi connectivity index (χ1v) is 13.9. The van der Waals surface area contributed by atoms with Crippen molar-refractivity contribution in [1.29, 1.82) is 0 Å². The molecule has 1 unspecified atom stereocenters. The van der Waals surface area contributed by atoms with Crippen LogP contribution in [0.25, 0.3) is 16.8 Å². The highest BCUT2D eigenvalue weighted by Crippen LogP contribution is 2.26. The highest BCUT2D eigenvalue weighted by atomic mass is 16.6. The number of amides is 2. The third kappa shape index (κ3) is 7.18. The molecule has 9 heteroatoms. The first kappa shape index (κ1) is 28.0. The zero-order chi connectivity index (χ0) is 29.0. The lowest BCUT2D eigenvalue weighted by Gasteiger charge is -2.28. The predicted molar refractivity (Wildman–Crippen MR) is 163 cm³/mol. The maximum Gasteiger partial charge on any atom is 0.410 e. The van der Waals surface area contributed by atoms with Crippen LogP contribution in [0.3, 0.4) is 0 Å². The minimum Gasteiger partial charge on any atom is -0.444 e. The van der Waals surface area contributed by atoms with Gasteiger partial charge in [0.1, 0.15) is 12.1 Å². The van der Waals surface area contributed by atoms with Crippen molar-refractivity contribution in [3.63, 3.8) is 0 Å². The van der Waals surface area contributed by atoms with E-state index in [2.05, 4.69) is 57.6 Å². The van der Waals surface area contributed by atoms with Gasteiger partial charge in [0.05, 0.1) is 11.7 Å². The molecule has 1 fully saturated rings. The van der Waals surface area contributed by atoms with Crippen molar-refractivity contribution in [2.24, 2.45) is 0 Å². The summed E-state index contributed by atoms with van der Waals surface area (Å²) in [4.78, 5) is 29.1. The average Bonchev–Trinajstić information content (AvgIpc) is 3.63. The Kier molecular flexibility index (Phi) is 8.16. The summed E-state index contributed by atoms with van der Waals surface area (Å²) in [5.74, 6) is -0.135. The van der Waals surface area contributed by atoms with Gasteiger partial charge in [0.25, 0.3) is 0 Å². The van der Waals surface area contributed by atoms with Gasteiger partial charge in [-0.1, -0.05) is 54.6 Å². The fourth-order valence-electron chi connectivity index (χ4n) is 4.94. The Bertz CT molecular complexity index is 1380. The van der Waals surface area contributed by atoms with Crippen LogP contribution in [0.15, 0.2) is 85.1 Å². The molecule has 0 radical (unpaired) electrons. The van der Waals surface area contributed by atoms with Crippen molar-refractivity contribution in [3.8, 4) is 11.1 Å². The Morgan fingerprint density at radius 1 is 0.951 bits per heavy atom. The maximum absolute atomic E-state index is 12.7. The van der Waals surface area contributed by atoms with E-state index in [0.29, 0.717) is 0 Å². The number of hydrogen-bond acceptors (Lipinski definition) is 7. The first-order valence-electron chi connectivity index (χ1n) is 13.9. The zero-order valence-electron chi connectivity index (χ0n) is 24.1. The molecular formula is C32H38N6O3. The summed E-state index contributed by atoms with van der Waals surface area (Å²) in [6, 6.07) is 26.5. The summed E-state index contributed by atoms with van der Waals surface area (Å²) >= 11 is 0. The maximum atomic E-state index is 12.7. The Morgan fingerprint density at radius 3 is 2.29 bits per heavy atom. The fourth-order valence-corrected chi connectivity index (χ4v) is 4.94. The largest absolute Gasteiger partial charge is 0.444 e. The summed E-state index contributed by atoms with van der Waals surface area (Å²) in [5.41, 5.74) is 11.7. The Morgan fingerprint density at radius 2 is 1.61 bits per heavy atom. The minimum atomic E-state index is -0.515. The second-order valence-corrected chi connectivity index (χ2v) is 11.4. The molecule has 2 heterocycles. The van der Waals surface area contributed by atoms with Crippen LogP contribution in [-0.4, -0.2) is 60.2 Å². The standard InChI is InChI=1S/C32H38N6O3/c1-32(2,3)41-31(40)36(4)28-18-19-37(20-28)27-16-14-26(15-17-27)33-30(39)22-38-21-29(34-35-38)25-12-10-24(11-13-25)23-8-6-5-7-9-23/h5-17,21,28,34-35H,18-20,22H2,1-4H3,(H,33,39). The van der Waals surface area contributed by atoms with E-state index in [1.54, 1.807) is 17.0 Å². The summed E-state index contributed by atoms with van der Waals surface area (Å²) < 4.78 is 5.51. The van der Waals surface area contributed by atoms with Gasteiger partial charge in [-0.15, -0.1) is 5.53 Å². The van der Waals surface area contributed by atoms with Crippen LogP contribution >= 0.6 is 0 Å². The van der Waals surface area contributed by atoms with Crippen molar-refractivity contribution < 1.29 is 14.3 Å². The van der Waals surface area contributed by atoms with Gasteiger partial charge in [0.15, 0.2) is 0 Å². The molecule has 0 saturated carbocycles. The monoisotopic (exact) mass is 554 g/mol. The van der Waals surface area contributed by atoms with E-state index < -0.39 is 5.60 Å². The molecule has 1 atom stereocenters. The molecule has 3 N–H and O–H groups in total. The normalized spacial score (nSPS) is 16.7. The number of nitrogens with zero attached hydrogens (tertiary/aromatic N) is 3. The second-order valence-electron chi connectivity index (χ2n) is 11.4. The van der Waals surface area contributed by atoms with Gasteiger partial charge in [-0.05, 0) is 62.6 Å². The molecule has 2 aliphatic rings. The molecule has 41 heavy (non-hydrogen) atoms. The van der Waals surface area contributed by atoms with Crippen LogP contribution in [0.5, 0.6) is 0 Å². The SMILES string of the molecule is CN(C(=O)OC(C)(C)C)C1CCN(c2ccc(NC(=O)CN3C=C(c4ccc(-c5ccccc5)cc4)NN3)cc2)C1.